The van der Waals surface area contributed by atoms with Crippen molar-refractivity contribution in [2.24, 2.45) is 0 Å². The molecule has 4 nitrogen and oxygen atoms in total. The van der Waals surface area contributed by atoms with E-state index in [0.29, 0.717) is 11.4 Å². The second kappa shape index (κ2) is 7.61. The van der Waals surface area contributed by atoms with Crippen molar-refractivity contribution in [1.82, 2.24) is 4.37 Å². The molecule has 0 amide bonds. The molecular weight excluding hydrogens is 356 g/mol. The van der Waals surface area contributed by atoms with E-state index in [1.165, 1.54) is 47.5 Å². The predicted molar refractivity (Wildman–Crippen MR) is 112 cm³/mol. The summed E-state index contributed by atoms with van der Waals surface area (Å²) in [5.74, 6) is 1.69. The molecule has 1 heterocycles. The number of nitrogen functional groups attached to an aromatic ring is 1. The third kappa shape index (κ3) is 3.39. The number of aryl methyl sites for hydroxylation is 1. The van der Waals surface area contributed by atoms with Crippen molar-refractivity contribution in [3.63, 3.8) is 0 Å². The molecule has 1 aliphatic rings. The monoisotopic (exact) mass is 380 g/mol. The predicted octanol–water partition coefficient (Wildman–Crippen LogP) is 5.35. The number of fused-ring (bicyclic) bond motifs is 1. The standard InChI is InChI=1S/C22H24N2O2S/c1-25-20-9-8-15(11-19(20)23)18-13-24-27-22(18)16-10-14-6-4-3-5-7-17(14)21(12-16)26-2/h8-13H,3-7,23H2,1-2H3. The first-order chi connectivity index (χ1) is 13.2. The second-order valence-electron chi connectivity index (χ2n) is 6.90. The molecule has 0 spiro atoms. The average molecular weight is 381 g/mol. The van der Waals surface area contributed by atoms with Crippen molar-refractivity contribution in [3.8, 4) is 33.1 Å². The largest absolute Gasteiger partial charge is 0.496 e. The minimum Gasteiger partial charge on any atom is -0.496 e. The average Bonchev–Trinajstić information content (AvgIpc) is 3.05. The molecule has 0 saturated carbocycles. The lowest BCUT2D eigenvalue weighted by Crippen LogP contribution is -1.97. The van der Waals surface area contributed by atoms with Crippen molar-refractivity contribution in [2.45, 2.75) is 32.1 Å². The van der Waals surface area contributed by atoms with E-state index < -0.39 is 0 Å². The van der Waals surface area contributed by atoms with Crippen LogP contribution in [-0.4, -0.2) is 18.6 Å². The van der Waals surface area contributed by atoms with Gasteiger partial charge in [-0.3, -0.25) is 0 Å². The lowest BCUT2D eigenvalue weighted by Gasteiger charge is -2.15. The van der Waals surface area contributed by atoms with Gasteiger partial charge >= 0.3 is 0 Å². The van der Waals surface area contributed by atoms with Crippen LogP contribution in [0.15, 0.2) is 36.5 Å². The third-order valence-electron chi connectivity index (χ3n) is 5.27. The Labute approximate surface area is 164 Å². The molecular formula is C22H24N2O2S. The van der Waals surface area contributed by atoms with Gasteiger partial charge in [0.1, 0.15) is 11.5 Å². The molecule has 4 rings (SSSR count). The van der Waals surface area contributed by atoms with Crippen LogP contribution in [0, 0.1) is 0 Å². The van der Waals surface area contributed by atoms with Gasteiger partial charge in [-0.15, -0.1) is 0 Å². The maximum atomic E-state index is 6.12. The Kier molecular flexibility index (Phi) is 5.03. The van der Waals surface area contributed by atoms with Crippen LogP contribution in [0.2, 0.25) is 0 Å². The van der Waals surface area contributed by atoms with Crippen molar-refractivity contribution in [1.29, 1.82) is 0 Å². The fourth-order valence-corrected chi connectivity index (χ4v) is 4.63. The summed E-state index contributed by atoms with van der Waals surface area (Å²) in [7, 11) is 3.40. The molecule has 1 aromatic heterocycles. The third-order valence-corrected chi connectivity index (χ3v) is 6.12. The van der Waals surface area contributed by atoms with Gasteiger partial charge in [-0.05, 0) is 83.7 Å². The summed E-state index contributed by atoms with van der Waals surface area (Å²) >= 11 is 1.51. The number of nitrogens with two attached hydrogens (primary N) is 1. The highest BCUT2D eigenvalue weighted by atomic mass is 32.1. The first kappa shape index (κ1) is 17.9. The number of rotatable bonds is 4. The van der Waals surface area contributed by atoms with Crippen molar-refractivity contribution in [3.05, 3.63) is 47.7 Å². The molecule has 1 aliphatic carbocycles. The first-order valence-electron chi connectivity index (χ1n) is 9.30. The molecule has 3 aromatic rings. The number of aromatic nitrogens is 1. The quantitative estimate of drug-likeness (QED) is 0.490. The van der Waals surface area contributed by atoms with E-state index >= 15 is 0 Å². The highest BCUT2D eigenvalue weighted by molar-refractivity contribution is 7.10. The molecule has 0 unspecified atom stereocenters. The van der Waals surface area contributed by atoms with Gasteiger partial charge in [0.25, 0.3) is 0 Å². The molecule has 0 radical (unpaired) electrons. The number of anilines is 1. The van der Waals surface area contributed by atoms with Crippen molar-refractivity contribution in [2.75, 3.05) is 20.0 Å². The molecule has 0 fully saturated rings. The van der Waals surface area contributed by atoms with Crippen LogP contribution in [0.5, 0.6) is 11.5 Å². The van der Waals surface area contributed by atoms with E-state index in [4.69, 9.17) is 15.2 Å². The number of nitrogens with zero attached hydrogens (tertiary/aromatic N) is 1. The maximum Gasteiger partial charge on any atom is 0.141 e. The van der Waals surface area contributed by atoms with Gasteiger partial charge in [0.15, 0.2) is 0 Å². The van der Waals surface area contributed by atoms with E-state index in [1.807, 2.05) is 24.4 Å². The Morgan fingerprint density at radius 2 is 1.74 bits per heavy atom. The molecule has 0 bridgehead atoms. The summed E-state index contributed by atoms with van der Waals surface area (Å²) < 4.78 is 15.5. The fraction of sp³-hybridized carbons (Fsp3) is 0.318. The van der Waals surface area contributed by atoms with Crippen LogP contribution < -0.4 is 15.2 Å². The van der Waals surface area contributed by atoms with E-state index in [-0.39, 0.29) is 0 Å². The van der Waals surface area contributed by atoms with Crippen LogP contribution in [-0.2, 0) is 12.8 Å². The minimum absolute atomic E-state index is 0.631. The summed E-state index contributed by atoms with van der Waals surface area (Å²) in [5, 5.41) is 0. The van der Waals surface area contributed by atoms with Crippen LogP contribution in [0.25, 0.3) is 21.6 Å². The number of methoxy groups -OCH3 is 2. The molecule has 27 heavy (non-hydrogen) atoms. The summed E-state index contributed by atoms with van der Waals surface area (Å²) in [6.07, 6.45) is 7.89. The van der Waals surface area contributed by atoms with E-state index in [0.717, 1.165) is 34.6 Å². The zero-order chi connectivity index (χ0) is 18.8. The van der Waals surface area contributed by atoms with E-state index in [1.54, 1.807) is 14.2 Å². The second-order valence-corrected chi connectivity index (χ2v) is 7.70. The Bertz CT molecular complexity index is 965. The molecule has 140 valence electrons. The zero-order valence-electron chi connectivity index (χ0n) is 15.7. The first-order valence-corrected chi connectivity index (χ1v) is 10.1. The SMILES string of the molecule is COc1ccc(-c2cnsc2-c2cc3c(c(OC)c2)CCCCC3)cc1N. The van der Waals surface area contributed by atoms with Gasteiger partial charge in [0.05, 0.1) is 24.8 Å². The van der Waals surface area contributed by atoms with Crippen molar-refractivity contribution >= 4 is 17.2 Å². The Morgan fingerprint density at radius 1 is 0.926 bits per heavy atom. The number of hydrogen-bond acceptors (Lipinski definition) is 5. The molecule has 2 aromatic carbocycles. The van der Waals surface area contributed by atoms with E-state index in [9.17, 15) is 0 Å². The summed E-state index contributed by atoms with van der Waals surface area (Å²) in [6, 6.07) is 10.4. The Hall–Kier alpha value is -2.53. The van der Waals surface area contributed by atoms with Crippen LogP contribution in [0.1, 0.15) is 30.4 Å². The number of hydrogen-bond donors (Lipinski definition) is 1. The van der Waals surface area contributed by atoms with Gasteiger partial charge in [0.2, 0.25) is 0 Å². The lowest BCUT2D eigenvalue weighted by atomic mass is 9.96. The maximum absolute atomic E-state index is 6.12. The number of benzene rings is 2. The smallest absolute Gasteiger partial charge is 0.141 e. The Balaban J connectivity index is 1.81. The van der Waals surface area contributed by atoms with Crippen LogP contribution in [0.4, 0.5) is 5.69 Å². The van der Waals surface area contributed by atoms with Gasteiger partial charge in [-0.2, -0.15) is 4.37 Å². The summed E-state index contributed by atoms with van der Waals surface area (Å²) in [6.45, 7) is 0. The fourth-order valence-electron chi connectivity index (χ4n) is 3.87. The summed E-state index contributed by atoms with van der Waals surface area (Å²) in [4.78, 5) is 1.14. The topological polar surface area (TPSA) is 57.4 Å². The van der Waals surface area contributed by atoms with Crippen LogP contribution in [0.3, 0.4) is 0 Å². The molecule has 2 N–H and O–H groups in total. The zero-order valence-corrected chi connectivity index (χ0v) is 16.6. The van der Waals surface area contributed by atoms with E-state index in [2.05, 4.69) is 16.5 Å². The lowest BCUT2D eigenvalue weighted by molar-refractivity contribution is 0.409. The highest BCUT2D eigenvalue weighted by Crippen LogP contribution is 2.41. The normalized spacial score (nSPS) is 13.7. The van der Waals surface area contributed by atoms with Crippen LogP contribution >= 0.6 is 11.5 Å². The molecule has 5 heteroatoms. The molecule has 0 atom stereocenters. The van der Waals surface area contributed by atoms with Gasteiger partial charge < -0.3 is 15.2 Å². The van der Waals surface area contributed by atoms with Gasteiger partial charge in [-0.1, -0.05) is 12.5 Å². The number of ether oxygens (including phenoxy) is 2. The minimum atomic E-state index is 0.631. The summed E-state index contributed by atoms with van der Waals surface area (Å²) in [5.41, 5.74) is 12.8. The molecule has 0 aliphatic heterocycles. The highest BCUT2D eigenvalue weighted by Gasteiger charge is 2.18. The van der Waals surface area contributed by atoms with Gasteiger partial charge in [-0.25, -0.2) is 0 Å². The van der Waals surface area contributed by atoms with Gasteiger partial charge in [0, 0.05) is 11.8 Å². The Morgan fingerprint density at radius 3 is 2.52 bits per heavy atom. The van der Waals surface area contributed by atoms with Crippen molar-refractivity contribution < 1.29 is 9.47 Å². The molecule has 0 saturated heterocycles.